The van der Waals surface area contributed by atoms with Gasteiger partial charge in [0.1, 0.15) is 18.2 Å². The van der Waals surface area contributed by atoms with E-state index in [2.05, 4.69) is 14.8 Å². The SMILES string of the molecule is CC(C)c1conc1CS(=O)(=O)Cc1conc1C(F)(F)F. The van der Waals surface area contributed by atoms with Crippen LogP contribution in [-0.2, 0) is 27.5 Å². The van der Waals surface area contributed by atoms with Crippen LogP contribution < -0.4 is 0 Å². The monoisotopic (exact) mass is 338 g/mol. The lowest BCUT2D eigenvalue weighted by Gasteiger charge is -2.07. The van der Waals surface area contributed by atoms with E-state index in [1.165, 1.54) is 6.26 Å². The Hall–Kier alpha value is -1.84. The van der Waals surface area contributed by atoms with Gasteiger partial charge >= 0.3 is 6.18 Å². The van der Waals surface area contributed by atoms with Gasteiger partial charge in [-0.25, -0.2) is 8.42 Å². The van der Waals surface area contributed by atoms with Gasteiger partial charge < -0.3 is 9.05 Å². The molecule has 0 fully saturated rings. The first-order valence-corrected chi connectivity index (χ1v) is 8.06. The van der Waals surface area contributed by atoms with E-state index in [0.29, 0.717) is 11.8 Å². The van der Waals surface area contributed by atoms with Crippen LogP contribution in [0.25, 0.3) is 0 Å². The van der Waals surface area contributed by atoms with Gasteiger partial charge in [-0.3, -0.25) is 0 Å². The molecule has 22 heavy (non-hydrogen) atoms. The van der Waals surface area contributed by atoms with Crippen molar-refractivity contribution in [3.8, 4) is 0 Å². The predicted octanol–water partition coefficient (Wildman–Crippen LogP) is 2.92. The van der Waals surface area contributed by atoms with Crippen LogP contribution in [0.2, 0.25) is 0 Å². The first kappa shape index (κ1) is 16.5. The number of aromatic nitrogens is 2. The maximum atomic E-state index is 12.7. The van der Waals surface area contributed by atoms with Gasteiger partial charge in [-0.05, 0) is 5.92 Å². The second-order valence-corrected chi connectivity index (χ2v) is 7.15. The maximum absolute atomic E-state index is 12.7. The Morgan fingerprint density at radius 2 is 1.77 bits per heavy atom. The van der Waals surface area contributed by atoms with Crippen LogP contribution in [0.5, 0.6) is 0 Å². The molecule has 2 rings (SSSR count). The Kier molecular flexibility index (Phi) is 4.32. The first-order valence-electron chi connectivity index (χ1n) is 6.24. The van der Waals surface area contributed by atoms with Gasteiger partial charge in [0.25, 0.3) is 0 Å². The lowest BCUT2D eigenvalue weighted by molar-refractivity contribution is -0.143. The summed E-state index contributed by atoms with van der Waals surface area (Å²) in [5.41, 5.74) is -1.06. The van der Waals surface area contributed by atoms with Crippen molar-refractivity contribution in [1.82, 2.24) is 10.3 Å². The van der Waals surface area contributed by atoms with Crippen molar-refractivity contribution in [3.63, 3.8) is 0 Å². The molecule has 0 saturated carbocycles. The number of halogens is 3. The fourth-order valence-electron chi connectivity index (χ4n) is 1.94. The molecule has 0 aliphatic heterocycles. The molecular weight excluding hydrogens is 325 g/mol. The van der Waals surface area contributed by atoms with Gasteiger partial charge in [0, 0.05) is 11.1 Å². The number of hydrogen-bond acceptors (Lipinski definition) is 6. The summed E-state index contributed by atoms with van der Waals surface area (Å²) >= 11 is 0. The zero-order valence-electron chi connectivity index (χ0n) is 11.7. The lowest BCUT2D eigenvalue weighted by atomic mass is 10.1. The molecule has 0 aliphatic rings. The fraction of sp³-hybridized carbons (Fsp3) is 0.500. The predicted molar refractivity (Wildman–Crippen MR) is 68.4 cm³/mol. The second kappa shape index (κ2) is 5.75. The van der Waals surface area contributed by atoms with E-state index in [1.807, 2.05) is 13.8 Å². The van der Waals surface area contributed by atoms with Crippen LogP contribution >= 0.6 is 0 Å². The lowest BCUT2D eigenvalue weighted by Crippen LogP contribution is -2.14. The topological polar surface area (TPSA) is 86.2 Å². The highest BCUT2D eigenvalue weighted by Gasteiger charge is 2.38. The van der Waals surface area contributed by atoms with Crippen molar-refractivity contribution in [2.45, 2.75) is 37.4 Å². The number of nitrogens with zero attached hydrogens (tertiary/aromatic N) is 2. The summed E-state index contributed by atoms with van der Waals surface area (Å²) < 4.78 is 71.2. The average Bonchev–Trinajstić information content (AvgIpc) is 2.95. The Morgan fingerprint density at radius 3 is 2.36 bits per heavy atom. The van der Waals surface area contributed by atoms with E-state index in [0.717, 1.165) is 0 Å². The van der Waals surface area contributed by atoms with Gasteiger partial charge in [0.05, 0.1) is 11.5 Å². The normalized spacial score (nSPS) is 13.0. The van der Waals surface area contributed by atoms with E-state index < -0.39 is 38.8 Å². The summed E-state index contributed by atoms with van der Waals surface area (Å²) in [4.78, 5) is 0. The Balaban J connectivity index is 2.22. The molecular formula is C12H13F3N2O4S. The molecule has 0 amide bonds. The average molecular weight is 338 g/mol. The van der Waals surface area contributed by atoms with E-state index in [9.17, 15) is 21.6 Å². The van der Waals surface area contributed by atoms with E-state index in [4.69, 9.17) is 4.52 Å². The smallest absolute Gasteiger partial charge is 0.364 e. The molecule has 0 atom stereocenters. The molecule has 2 aromatic rings. The zero-order chi connectivity index (χ0) is 16.5. The highest BCUT2D eigenvalue weighted by atomic mass is 32.2. The minimum atomic E-state index is -4.77. The quantitative estimate of drug-likeness (QED) is 0.833. The number of sulfone groups is 1. The molecule has 0 unspecified atom stereocenters. The Morgan fingerprint density at radius 1 is 1.14 bits per heavy atom. The fourth-order valence-corrected chi connectivity index (χ4v) is 3.35. The van der Waals surface area contributed by atoms with Crippen molar-refractivity contribution in [1.29, 1.82) is 0 Å². The van der Waals surface area contributed by atoms with E-state index in [1.54, 1.807) is 0 Å². The molecule has 0 aromatic carbocycles. The van der Waals surface area contributed by atoms with E-state index >= 15 is 0 Å². The van der Waals surface area contributed by atoms with Crippen molar-refractivity contribution >= 4 is 9.84 Å². The molecule has 6 nitrogen and oxygen atoms in total. The van der Waals surface area contributed by atoms with Crippen LogP contribution in [0.3, 0.4) is 0 Å². The summed E-state index contributed by atoms with van der Waals surface area (Å²) in [5.74, 6) is -1.37. The highest BCUT2D eigenvalue weighted by molar-refractivity contribution is 7.89. The number of alkyl halides is 3. The third-order valence-corrected chi connectivity index (χ3v) is 4.41. The van der Waals surface area contributed by atoms with Crippen molar-refractivity contribution in [3.05, 3.63) is 35.0 Å². The van der Waals surface area contributed by atoms with Crippen LogP contribution in [-0.4, -0.2) is 18.7 Å². The van der Waals surface area contributed by atoms with Gasteiger partial charge in [-0.15, -0.1) is 0 Å². The van der Waals surface area contributed by atoms with Gasteiger partial charge in [0.2, 0.25) is 0 Å². The molecule has 0 N–H and O–H groups in total. The van der Waals surface area contributed by atoms with Crippen molar-refractivity contribution < 1.29 is 30.6 Å². The maximum Gasteiger partial charge on any atom is 0.437 e. The van der Waals surface area contributed by atoms with Gasteiger partial charge in [0.15, 0.2) is 15.5 Å². The molecule has 0 radical (unpaired) electrons. The zero-order valence-corrected chi connectivity index (χ0v) is 12.5. The number of rotatable bonds is 5. The molecule has 0 bridgehead atoms. The highest BCUT2D eigenvalue weighted by Crippen LogP contribution is 2.32. The van der Waals surface area contributed by atoms with E-state index in [-0.39, 0.29) is 11.6 Å². The van der Waals surface area contributed by atoms with Crippen LogP contribution in [0, 0.1) is 0 Å². The molecule has 0 saturated heterocycles. The van der Waals surface area contributed by atoms with Crippen molar-refractivity contribution in [2.24, 2.45) is 0 Å². The first-order chi connectivity index (χ1) is 10.1. The molecule has 0 spiro atoms. The van der Waals surface area contributed by atoms with Gasteiger partial charge in [-0.2, -0.15) is 13.2 Å². The largest absolute Gasteiger partial charge is 0.437 e. The summed E-state index contributed by atoms with van der Waals surface area (Å²) in [6.07, 6.45) is -2.75. The molecule has 0 aliphatic carbocycles. The van der Waals surface area contributed by atoms with Crippen LogP contribution in [0.4, 0.5) is 13.2 Å². The minimum absolute atomic E-state index is 0.0159. The summed E-state index contributed by atoms with van der Waals surface area (Å²) in [5, 5.41) is 6.42. The number of hydrogen-bond donors (Lipinski definition) is 0. The van der Waals surface area contributed by atoms with Crippen LogP contribution in [0.1, 0.15) is 42.3 Å². The minimum Gasteiger partial charge on any atom is -0.364 e. The Bertz CT molecular complexity index is 747. The third-order valence-electron chi connectivity index (χ3n) is 2.94. The third kappa shape index (κ3) is 3.67. The second-order valence-electron chi connectivity index (χ2n) is 5.09. The summed E-state index contributed by atoms with van der Waals surface area (Å²) in [6.45, 7) is 3.65. The molecule has 10 heteroatoms. The molecule has 2 aromatic heterocycles. The standard InChI is InChI=1S/C12H13F3N2O4S/c1-7(2)9-4-21-16-10(9)6-22(18,19)5-8-3-20-17-11(8)12(13,14)15/h3-4,7H,5-6H2,1-2H3. The van der Waals surface area contributed by atoms with Crippen LogP contribution in [0.15, 0.2) is 21.6 Å². The van der Waals surface area contributed by atoms with Crippen molar-refractivity contribution in [2.75, 3.05) is 0 Å². The Labute approximate surface area is 124 Å². The summed E-state index contributed by atoms with van der Waals surface area (Å²) in [6, 6.07) is 0. The summed E-state index contributed by atoms with van der Waals surface area (Å²) in [7, 11) is -3.89. The van der Waals surface area contributed by atoms with Gasteiger partial charge in [-0.1, -0.05) is 24.2 Å². The molecule has 2 heterocycles. The molecule has 122 valence electrons.